The molecule has 5 heteroatoms. The van der Waals surface area contributed by atoms with E-state index in [-0.39, 0.29) is 12.3 Å². The molecule has 2 rings (SSSR count). The molecule has 0 aromatic carbocycles. The first-order chi connectivity index (χ1) is 10.9. The Morgan fingerprint density at radius 1 is 1.22 bits per heavy atom. The van der Waals surface area contributed by atoms with E-state index < -0.39 is 5.60 Å². The van der Waals surface area contributed by atoms with E-state index >= 15 is 0 Å². The second-order valence-corrected chi connectivity index (χ2v) is 7.09. The Labute approximate surface area is 139 Å². The number of rotatable bonds is 7. The average Bonchev–Trinajstić information content (AvgIpc) is 2.88. The third-order valence-electron chi connectivity index (χ3n) is 4.58. The molecule has 1 aliphatic rings. The Hall–Kier alpha value is -1.33. The van der Waals surface area contributed by atoms with E-state index in [1.807, 2.05) is 38.1 Å². The van der Waals surface area contributed by atoms with E-state index in [0.29, 0.717) is 13.1 Å². The minimum Gasteiger partial charge on any atom is -0.464 e. The molecule has 1 amide bonds. The Balaban J connectivity index is 2.00. The fourth-order valence-corrected chi connectivity index (χ4v) is 3.15. The Morgan fingerprint density at radius 3 is 2.48 bits per heavy atom. The summed E-state index contributed by atoms with van der Waals surface area (Å²) < 4.78 is 5.62. The van der Waals surface area contributed by atoms with Gasteiger partial charge >= 0.3 is 0 Å². The lowest BCUT2D eigenvalue weighted by molar-refractivity contribution is -0.138. The van der Waals surface area contributed by atoms with Crippen molar-refractivity contribution < 1.29 is 14.3 Å². The number of aryl methyl sites for hydroxylation is 1. The van der Waals surface area contributed by atoms with Crippen molar-refractivity contribution in [2.75, 3.05) is 27.2 Å². The first-order valence-electron chi connectivity index (χ1n) is 8.58. The quantitative estimate of drug-likeness (QED) is 0.838. The van der Waals surface area contributed by atoms with Gasteiger partial charge < -0.3 is 19.3 Å². The van der Waals surface area contributed by atoms with Gasteiger partial charge in [-0.1, -0.05) is 19.3 Å². The van der Waals surface area contributed by atoms with Crippen LogP contribution in [0.25, 0.3) is 0 Å². The smallest absolute Gasteiger partial charge is 0.225 e. The first kappa shape index (κ1) is 18.0. The molecule has 1 aliphatic carbocycles. The highest BCUT2D eigenvalue weighted by Crippen LogP contribution is 2.31. The molecular weight excluding hydrogens is 292 g/mol. The molecule has 23 heavy (non-hydrogen) atoms. The standard InChI is InChI=1S/C18H30N2O3/c1-15-7-8-16(23-15)14-20(12-11-19(2)3)17(21)13-18(22)9-5-4-6-10-18/h7-8,22H,4-6,9-14H2,1-3H3. The van der Waals surface area contributed by atoms with Crippen LogP contribution >= 0.6 is 0 Å². The molecule has 0 aliphatic heterocycles. The lowest BCUT2D eigenvalue weighted by Gasteiger charge is -2.34. The van der Waals surface area contributed by atoms with Gasteiger partial charge in [0, 0.05) is 13.1 Å². The van der Waals surface area contributed by atoms with Gasteiger partial charge in [0.25, 0.3) is 0 Å². The van der Waals surface area contributed by atoms with Crippen molar-refractivity contribution in [1.82, 2.24) is 9.80 Å². The van der Waals surface area contributed by atoms with E-state index in [9.17, 15) is 9.90 Å². The van der Waals surface area contributed by atoms with E-state index in [4.69, 9.17) is 4.42 Å². The molecule has 1 N–H and O–H groups in total. The van der Waals surface area contributed by atoms with Crippen molar-refractivity contribution in [2.24, 2.45) is 0 Å². The normalized spacial score (nSPS) is 17.4. The molecule has 1 heterocycles. The van der Waals surface area contributed by atoms with Crippen LogP contribution in [-0.2, 0) is 11.3 Å². The van der Waals surface area contributed by atoms with Gasteiger partial charge in [-0.25, -0.2) is 0 Å². The van der Waals surface area contributed by atoms with Crippen LogP contribution in [0, 0.1) is 6.92 Å². The fourth-order valence-electron chi connectivity index (χ4n) is 3.15. The van der Waals surface area contributed by atoms with E-state index in [2.05, 4.69) is 4.90 Å². The number of carbonyl (C=O) groups excluding carboxylic acids is 1. The van der Waals surface area contributed by atoms with Crippen molar-refractivity contribution in [2.45, 2.75) is 57.6 Å². The Morgan fingerprint density at radius 2 is 1.91 bits per heavy atom. The molecule has 1 aromatic heterocycles. The van der Waals surface area contributed by atoms with Crippen LogP contribution in [0.4, 0.5) is 0 Å². The summed E-state index contributed by atoms with van der Waals surface area (Å²) in [4.78, 5) is 16.6. The van der Waals surface area contributed by atoms with Crippen molar-refractivity contribution in [1.29, 1.82) is 0 Å². The molecular formula is C18H30N2O3. The predicted octanol–water partition coefficient (Wildman–Crippen LogP) is 2.56. The summed E-state index contributed by atoms with van der Waals surface area (Å²) in [6.07, 6.45) is 4.88. The first-order valence-corrected chi connectivity index (χ1v) is 8.58. The number of furan rings is 1. The maximum Gasteiger partial charge on any atom is 0.225 e. The highest BCUT2D eigenvalue weighted by Gasteiger charge is 2.33. The van der Waals surface area contributed by atoms with Crippen LogP contribution < -0.4 is 0 Å². The largest absolute Gasteiger partial charge is 0.464 e. The lowest BCUT2D eigenvalue weighted by Crippen LogP contribution is -2.42. The van der Waals surface area contributed by atoms with E-state index in [0.717, 1.165) is 50.2 Å². The lowest BCUT2D eigenvalue weighted by atomic mass is 9.82. The SMILES string of the molecule is Cc1ccc(CN(CCN(C)C)C(=O)CC2(O)CCCCC2)o1. The van der Waals surface area contributed by atoms with Crippen LogP contribution in [0.3, 0.4) is 0 Å². The van der Waals surface area contributed by atoms with Crippen LogP contribution in [0.1, 0.15) is 50.0 Å². The minimum absolute atomic E-state index is 0.0188. The topological polar surface area (TPSA) is 56.9 Å². The molecule has 0 spiro atoms. The summed E-state index contributed by atoms with van der Waals surface area (Å²) in [6, 6.07) is 3.83. The van der Waals surface area contributed by atoms with Crippen LogP contribution in [0.15, 0.2) is 16.5 Å². The third-order valence-corrected chi connectivity index (χ3v) is 4.58. The maximum absolute atomic E-state index is 12.7. The monoisotopic (exact) mass is 322 g/mol. The van der Waals surface area contributed by atoms with E-state index in [1.54, 1.807) is 0 Å². The number of hydrogen-bond acceptors (Lipinski definition) is 4. The second kappa shape index (κ2) is 7.97. The molecule has 1 aromatic rings. The Bertz CT molecular complexity index is 504. The zero-order valence-electron chi connectivity index (χ0n) is 14.7. The number of carbonyl (C=O) groups is 1. The molecule has 0 atom stereocenters. The van der Waals surface area contributed by atoms with Gasteiger partial charge in [-0.15, -0.1) is 0 Å². The predicted molar refractivity (Wildman–Crippen MR) is 90.1 cm³/mol. The average molecular weight is 322 g/mol. The molecule has 0 saturated heterocycles. The van der Waals surface area contributed by atoms with Gasteiger partial charge in [-0.2, -0.15) is 0 Å². The number of nitrogens with zero attached hydrogens (tertiary/aromatic N) is 2. The highest BCUT2D eigenvalue weighted by atomic mass is 16.3. The fraction of sp³-hybridized carbons (Fsp3) is 0.722. The van der Waals surface area contributed by atoms with Gasteiger partial charge in [0.2, 0.25) is 5.91 Å². The molecule has 1 saturated carbocycles. The van der Waals surface area contributed by atoms with Gasteiger partial charge in [0.1, 0.15) is 11.5 Å². The van der Waals surface area contributed by atoms with Crippen molar-refractivity contribution >= 4 is 5.91 Å². The number of amides is 1. The number of likely N-dealkylation sites (N-methyl/N-ethyl adjacent to an activating group) is 1. The van der Waals surface area contributed by atoms with Gasteiger partial charge in [0.05, 0.1) is 18.6 Å². The zero-order chi connectivity index (χ0) is 16.9. The maximum atomic E-state index is 12.7. The second-order valence-electron chi connectivity index (χ2n) is 7.09. The summed E-state index contributed by atoms with van der Waals surface area (Å²) in [5, 5.41) is 10.7. The van der Waals surface area contributed by atoms with Gasteiger partial charge in [0.15, 0.2) is 0 Å². The van der Waals surface area contributed by atoms with Crippen LogP contribution in [0.2, 0.25) is 0 Å². The molecule has 0 radical (unpaired) electrons. The highest BCUT2D eigenvalue weighted by molar-refractivity contribution is 5.77. The van der Waals surface area contributed by atoms with Crippen LogP contribution in [-0.4, -0.2) is 53.6 Å². The molecule has 130 valence electrons. The summed E-state index contributed by atoms with van der Waals surface area (Å²) in [5.74, 6) is 1.67. The minimum atomic E-state index is -0.815. The zero-order valence-corrected chi connectivity index (χ0v) is 14.7. The molecule has 0 bridgehead atoms. The van der Waals surface area contributed by atoms with Gasteiger partial charge in [-0.05, 0) is 46.0 Å². The summed E-state index contributed by atoms with van der Waals surface area (Å²) in [5.41, 5.74) is -0.815. The number of aliphatic hydroxyl groups is 1. The van der Waals surface area contributed by atoms with Crippen molar-refractivity contribution in [3.05, 3.63) is 23.7 Å². The van der Waals surface area contributed by atoms with Crippen LogP contribution in [0.5, 0.6) is 0 Å². The van der Waals surface area contributed by atoms with Gasteiger partial charge in [-0.3, -0.25) is 4.79 Å². The molecule has 0 unspecified atom stereocenters. The summed E-state index contributed by atoms with van der Waals surface area (Å²) in [7, 11) is 3.99. The molecule has 1 fully saturated rings. The third kappa shape index (κ3) is 5.66. The summed E-state index contributed by atoms with van der Waals surface area (Å²) in [6.45, 7) is 3.81. The van der Waals surface area contributed by atoms with Crippen molar-refractivity contribution in [3.8, 4) is 0 Å². The number of hydrogen-bond donors (Lipinski definition) is 1. The van der Waals surface area contributed by atoms with Crippen molar-refractivity contribution in [3.63, 3.8) is 0 Å². The summed E-state index contributed by atoms with van der Waals surface area (Å²) >= 11 is 0. The Kier molecular flexibility index (Phi) is 6.25. The molecule has 5 nitrogen and oxygen atoms in total. The van der Waals surface area contributed by atoms with E-state index in [1.165, 1.54) is 0 Å².